The second-order valence-electron chi connectivity index (χ2n) is 8.65. The van der Waals surface area contributed by atoms with Gasteiger partial charge in [0.15, 0.2) is 0 Å². The van der Waals surface area contributed by atoms with E-state index in [1.54, 1.807) is 86.6 Å². The fraction of sp³-hybridized carbons (Fsp3) is 0.148. The van der Waals surface area contributed by atoms with Crippen molar-refractivity contribution in [1.29, 1.82) is 0 Å². The van der Waals surface area contributed by atoms with Crippen LogP contribution in [0.3, 0.4) is 0 Å². The van der Waals surface area contributed by atoms with Crippen LogP contribution in [0.25, 0.3) is 5.69 Å². The highest BCUT2D eigenvalue weighted by Gasteiger charge is 2.44. The van der Waals surface area contributed by atoms with E-state index in [0.717, 1.165) is 0 Å². The summed E-state index contributed by atoms with van der Waals surface area (Å²) in [6, 6.07) is 20.4. The highest BCUT2D eigenvalue weighted by atomic mass is 35.5. The summed E-state index contributed by atoms with van der Waals surface area (Å²) in [6.07, 6.45) is 0. The fourth-order valence-electron chi connectivity index (χ4n) is 4.68. The molecule has 1 aliphatic rings. The maximum atomic E-state index is 13.8. The molecule has 182 valence electrons. The van der Waals surface area contributed by atoms with E-state index in [4.69, 9.17) is 23.2 Å². The van der Waals surface area contributed by atoms with Gasteiger partial charge in [0.1, 0.15) is 5.75 Å². The molecule has 2 N–H and O–H groups in total. The number of phenols is 1. The van der Waals surface area contributed by atoms with Gasteiger partial charge in [-0.3, -0.25) is 14.7 Å². The zero-order valence-corrected chi connectivity index (χ0v) is 21.0. The average Bonchev–Trinajstić information content (AvgIpc) is 3.32. The molecule has 0 spiro atoms. The minimum atomic E-state index is -0.810. The van der Waals surface area contributed by atoms with Gasteiger partial charge in [-0.15, -0.1) is 0 Å². The number of hydrogen-bond acceptors (Lipinski definition) is 4. The van der Waals surface area contributed by atoms with Gasteiger partial charge in [0.2, 0.25) is 0 Å². The van der Waals surface area contributed by atoms with Crippen LogP contribution in [0.1, 0.15) is 29.7 Å². The van der Waals surface area contributed by atoms with Crippen LogP contribution in [0.5, 0.6) is 5.75 Å². The molecule has 9 heteroatoms. The van der Waals surface area contributed by atoms with E-state index in [1.807, 2.05) is 0 Å². The summed E-state index contributed by atoms with van der Waals surface area (Å²) >= 11 is 12.0. The Kier molecular flexibility index (Phi) is 6.20. The lowest BCUT2D eigenvalue weighted by atomic mass is 9.78. The van der Waals surface area contributed by atoms with Crippen molar-refractivity contribution >= 4 is 40.5 Å². The topological polar surface area (TPSA) is 90.7 Å². The van der Waals surface area contributed by atoms with Gasteiger partial charge in [0.25, 0.3) is 11.5 Å². The number of nitrogens with zero attached hydrogens (tertiary/aromatic N) is 3. The van der Waals surface area contributed by atoms with Crippen LogP contribution >= 0.6 is 23.2 Å². The zero-order chi connectivity index (χ0) is 25.6. The van der Waals surface area contributed by atoms with E-state index in [9.17, 15) is 14.7 Å². The smallest absolute Gasteiger partial charge is 0.275 e. The summed E-state index contributed by atoms with van der Waals surface area (Å²) in [5.41, 5.74) is 2.78. The lowest BCUT2D eigenvalue weighted by molar-refractivity contribution is -0.120. The number of hydrazone groups is 1. The molecule has 0 saturated heterocycles. The van der Waals surface area contributed by atoms with Crippen LogP contribution in [0.4, 0.5) is 5.69 Å². The van der Waals surface area contributed by atoms with E-state index < -0.39 is 11.8 Å². The SMILES string of the molecule is CC1=NN(c2ccc(Cl)cc2)C(=O)[C@H]1[C@@H](c1ccccc1O)c1c(C)[nH]n(-c2ccc(Cl)cc2)c1=O. The van der Waals surface area contributed by atoms with Gasteiger partial charge in [0, 0.05) is 38.5 Å². The number of carbonyl (C=O) groups excluding carboxylic acids is 1. The number of aryl methyl sites for hydroxylation is 1. The number of halogens is 2. The normalized spacial score (nSPS) is 16.3. The molecule has 4 aromatic rings. The molecule has 36 heavy (non-hydrogen) atoms. The largest absolute Gasteiger partial charge is 0.508 e. The van der Waals surface area contributed by atoms with Crippen molar-refractivity contribution in [3.05, 3.63) is 110 Å². The van der Waals surface area contributed by atoms with Gasteiger partial charge < -0.3 is 5.11 Å². The summed E-state index contributed by atoms with van der Waals surface area (Å²) in [5.74, 6) is -1.90. The quantitative estimate of drug-likeness (QED) is 0.355. The minimum Gasteiger partial charge on any atom is -0.508 e. The summed E-state index contributed by atoms with van der Waals surface area (Å²) in [7, 11) is 0. The number of amides is 1. The molecule has 1 aromatic heterocycles. The van der Waals surface area contributed by atoms with Crippen molar-refractivity contribution in [3.63, 3.8) is 0 Å². The third-order valence-electron chi connectivity index (χ3n) is 6.37. The lowest BCUT2D eigenvalue weighted by Crippen LogP contribution is -2.34. The number of aromatic hydroxyl groups is 1. The molecule has 0 bridgehead atoms. The number of H-pyrrole nitrogens is 1. The Morgan fingerprint density at radius 3 is 2.08 bits per heavy atom. The number of rotatable bonds is 5. The van der Waals surface area contributed by atoms with Gasteiger partial charge >= 0.3 is 0 Å². The van der Waals surface area contributed by atoms with Gasteiger partial charge in [-0.05, 0) is 68.4 Å². The molecule has 3 aromatic carbocycles. The van der Waals surface area contributed by atoms with E-state index in [2.05, 4.69) is 10.2 Å². The van der Waals surface area contributed by atoms with Crippen LogP contribution in [0, 0.1) is 12.8 Å². The Morgan fingerprint density at radius 1 is 0.889 bits per heavy atom. The second kappa shape index (κ2) is 9.33. The molecule has 0 fully saturated rings. The summed E-state index contributed by atoms with van der Waals surface area (Å²) in [4.78, 5) is 27.6. The van der Waals surface area contributed by atoms with Crippen molar-refractivity contribution in [2.75, 3.05) is 5.01 Å². The summed E-state index contributed by atoms with van der Waals surface area (Å²) in [6.45, 7) is 3.53. The Hall–Kier alpha value is -3.81. The van der Waals surface area contributed by atoms with Gasteiger partial charge in [-0.2, -0.15) is 5.10 Å². The average molecular weight is 521 g/mol. The monoisotopic (exact) mass is 520 g/mol. The van der Waals surface area contributed by atoms with Crippen molar-refractivity contribution in [2.24, 2.45) is 11.0 Å². The van der Waals surface area contributed by atoms with Crippen LogP contribution in [-0.2, 0) is 4.79 Å². The van der Waals surface area contributed by atoms with Crippen LogP contribution in [0.2, 0.25) is 10.0 Å². The molecule has 2 heterocycles. The first kappa shape index (κ1) is 23.9. The van der Waals surface area contributed by atoms with Crippen LogP contribution in [0.15, 0.2) is 82.7 Å². The van der Waals surface area contributed by atoms with E-state index in [-0.39, 0.29) is 17.2 Å². The summed E-state index contributed by atoms with van der Waals surface area (Å²) < 4.78 is 1.41. The maximum absolute atomic E-state index is 13.8. The molecular formula is C27H22Cl2N4O3. The molecule has 0 saturated carbocycles. The first-order valence-corrected chi connectivity index (χ1v) is 12.0. The Labute approximate surface area is 217 Å². The maximum Gasteiger partial charge on any atom is 0.275 e. The number of aromatic amines is 1. The number of benzene rings is 3. The highest BCUT2D eigenvalue weighted by Crippen LogP contribution is 2.41. The Bertz CT molecular complexity index is 1540. The molecule has 0 unspecified atom stereocenters. The molecule has 0 aliphatic carbocycles. The van der Waals surface area contributed by atoms with Crippen molar-refractivity contribution < 1.29 is 9.90 Å². The van der Waals surface area contributed by atoms with E-state index in [0.29, 0.717) is 44.0 Å². The molecule has 0 radical (unpaired) electrons. The predicted molar refractivity (Wildman–Crippen MR) is 142 cm³/mol. The number of para-hydroxylation sites is 1. The van der Waals surface area contributed by atoms with Crippen molar-refractivity contribution in [1.82, 2.24) is 9.78 Å². The van der Waals surface area contributed by atoms with Gasteiger partial charge in [-0.1, -0.05) is 41.4 Å². The second-order valence-corrected chi connectivity index (χ2v) is 9.52. The fourth-order valence-corrected chi connectivity index (χ4v) is 4.93. The van der Waals surface area contributed by atoms with E-state index >= 15 is 0 Å². The first-order chi connectivity index (χ1) is 17.3. The molecule has 5 rings (SSSR count). The molecular weight excluding hydrogens is 499 g/mol. The number of phenolic OH excluding ortho intramolecular Hbond substituents is 1. The molecule has 1 aliphatic heterocycles. The van der Waals surface area contributed by atoms with Gasteiger partial charge in [0.05, 0.1) is 17.3 Å². The van der Waals surface area contributed by atoms with E-state index in [1.165, 1.54) is 9.69 Å². The van der Waals surface area contributed by atoms with Gasteiger partial charge in [-0.25, -0.2) is 9.69 Å². The number of carbonyl (C=O) groups is 1. The molecule has 1 amide bonds. The van der Waals surface area contributed by atoms with Crippen LogP contribution < -0.4 is 10.6 Å². The Morgan fingerprint density at radius 2 is 1.47 bits per heavy atom. The number of anilines is 1. The number of aromatic nitrogens is 2. The Balaban J connectivity index is 1.66. The predicted octanol–water partition coefficient (Wildman–Crippen LogP) is 5.66. The minimum absolute atomic E-state index is 0.00825. The lowest BCUT2D eigenvalue weighted by Gasteiger charge is -2.24. The molecule has 2 atom stereocenters. The standard InChI is InChI=1S/C27H22Cl2N4O3/c1-15-23(26(35)32(30-15)19-11-7-17(28)8-12-19)25(21-5-3-4-6-22(21)34)24-16(2)31-33(27(24)36)20-13-9-18(29)10-14-20/h3-14,23,25,31,34H,1-2H3/t23-,25-/m1/s1. The third-order valence-corrected chi connectivity index (χ3v) is 6.88. The third kappa shape index (κ3) is 4.10. The van der Waals surface area contributed by atoms with Crippen LogP contribution in [-0.4, -0.2) is 26.5 Å². The number of nitrogens with one attached hydrogen (secondary N) is 1. The highest BCUT2D eigenvalue weighted by molar-refractivity contribution is 6.31. The summed E-state index contributed by atoms with van der Waals surface area (Å²) in [5, 5.41) is 20.9. The zero-order valence-electron chi connectivity index (χ0n) is 19.4. The van der Waals surface area contributed by atoms with Crippen molar-refractivity contribution in [3.8, 4) is 11.4 Å². The molecule has 7 nitrogen and oxygen atoms in total. The first-order valence-electron chi connectivity index (χ1n) is 11.3. The number of hydrogen-bond donors (Lipinski definition) is 2. The van der Waals surface area contributed by atoms with Crippen molar-refractivity contribution in [2.45, 2.75) is 19.8 Å².